The Morgan fingerprint density at radius 1 is 1.24 bits per heavy atom. The average molecular weight is 354 g/mol. The number of aromatic nitrogens is 4. The summed E-state index contributed by atoms with van der Waals surface area (Å²) in [5, 5.41) is 8.90. The molecule has 0 saturated heterocycles. The maximum absolute atomic E-state index is 12.5. The highest BCUT2D eigenvalue weighted by molar-refractivity contribution is 7.99. The molecule has 0 amide bonds. The second kappa shape index (κ2) is 7.44. The third kappa shape index (κ3) is 3.79. The summed E-state index contributed by atoms with van der Waals surface area (Å²) in [7, 11) is 0. The molecule has 0 radical (unpaired) electrons. The van der Waals surface area contributed by atoms with E-state index in [0.717, 1.165) is 34.6 Å². The van der Waals surface area contributed by atoms with Gasteiger partial charge < -0.3 is 4.98 Å². The largest absolute Gasteiger partial charge is 0.360 e. The Hall–Kier alpha value is -2.08. The van der Waals surface area contributed by atoms with E-state index in [0.29, 0.717) is 10.9 Å². The molecule has 3 aromatic rings. The number of aromatic amines is 2. The van der Waals surface area contributed by atoms with Gasteiger partial charge in [-0.2, -0.15) is 0 Å². The van der Waals surface area contributed by atoms with Crippen LogP contribution >= 0.6 is 11.8 Å². The Balaban J connectivity index is 1.32. The predicted molar refractivity (Wildman–Crippen MR) is 100 cm³/mol. The van der Waals surface area contributed by atoms with E-state index in [2.05, 4.69) is 20.2 Å². The lowest BCUT2D eigenvalue weighted by molar-refractivity contribution is 0.102. The van der Waals surface area contributed by atoms with E-state index in [-0.39, 0.29) is 5.78 Å². The van der Waals surface area contributed by atoms with Crippen molar-refractivity contribution in [2.24, 2.45) is 5.92 Å². The van der Waals surface area contributed by atoms with Crippen LogP contribution in [0.1, 0.15) is 48.3 Å². The minimum absolute atomic E-state index is 0.0970. The van der Waals surface area contributed by atoms with Gasteiger partial charge in [0.1, 0.15) is 5.82 Å². The van der Waals surface area contributed by atoms with Crippen LogP contribution in [-0.2, 0) is 6.42 Å². The molecule has 4 rings (SSSR count). The predicted octanol–water partition coefficient (Wildman–Crippen LogP) is 4.38. The van der Waals surface area contributed by atoms with Crippen molar-refractivity contribution < 1.29 is 4.79 Å². The summed E-state index contributed by atoms with van der Waals surface area (Å²) in [4.78, 5) is 20.2. The Bertz CT molecular complexity index is 863. The fourth-order valence-electron chi connectivity index (χ4n) is 3.60. The number of ketones is 1. The first-order valence-electron chi connectivity index (χ1n) is 8.93. The topological polar surface area (TPSA) is 74.4 Å². The first-order chi connectivity index (χ1) is 12.3. The van der Waals surface area contributed by atoms with Crippen LogP contribution in [0.15, 0.2) is 35.6 Å². The molecule has 0 bridgehead atoms. The number of Topliss-reactive ketones (excluding diaryl/α,β-unsaturated/α-hetero) is 1. The van der Waals surface area contributed by atoms with Crippen LogP contribution in [0.4, 0.5) is 0 Å². The molecule has 1 aromatic carbocycles. The number of carbonyl (C=O) groups excluding carboxylic acids is 1. The van der Waals surface area contributed by atoms with E-state index in [1.807, 2.05) is 24.3 Å². The number of H-pyrrole nitrogens is 2. The minimum Gasteiger partial charge on any atom is -0.360 e. The summed E-state index contributed by atoms with van der Waals surface area (Å²) in [6.07, 6.45) is 9.39. The van der Waals surface area contributed by atoms with E-state index in [1.165, 1.54) is 43.9 Å². The van der Waals surface area contributed by atoms with Crippen molar-refractivity contribution in [1.29, 1.82) is 0 Å². The smallest absolute Gasteiger partial charge is 0.208 e. The molecule has 1 fully saturated rings. The second-order valence-electron chi connectivity index (χ2n) is 6.71. The molecule has 0 spiro atoms. The van der Waals surface area contributed by atoms with Crippen LogP contribution in [0.3, 0.4) is 0 Å². The molecule has 1 aliphatic rings. The molecule has 1 saturated carbocycles. The molecule has 5 nitrogen and oxygen atoms in total. The molecule has 0 unspecified atom stereocenters. The van der Waals surface area contributed by atoms with Gasteiger partial charge in [-0.1, -0.05) is 55.6 Å². The molecular formula is C19H22N4OS. The number of rotatable bonds is 7. The lowest BCUT2D eigenvalue weighted by Gasteiger charge is -2.05. The summed E-state index contributed by atoms with van der Waals surface area (Å²) in [6.45, 7) is 0. The number of para-hydroxylation sites is 1. The SMILES string of the molecule is O=C(CSc1n[nH]c(CCC2CCCC2)n1)c1c[nH]c2ccccc12. The lowest BCUT2D eigenvalue weighted by atomic mass is 10.0. The zero-order valence-electron chi connectivity index (χ0n) is 14.1. The second-order valence-corrected chi connectivity index (χ2v) is 7.66. The zero-order chi connectivity index (χ0) is 17.1. The Kier molecular flexibility index (Phi) is 4.88. The third-order valence-electron chi connectivity index (χ3n) is 5.00. The van der Waals surface area contributed by atoms with Crippen LogP contribution in [0.5, 0.6) is 0 Å². The minimum atomic E-state index is 0.0970. The quantitative estimate of drug-likeness (QED) is 0.488. The fourth-order valence-corrected chi connectivity index (χ4v) is 4.30. The van der Waals surface area contributed by atoms with E-state index in [1.54, 1.807) is 6.20 Å². The summed E-state index contributed by atoms with van der Waals surface area (Å²) in [5.41, 5.74) is 1.73. The number of aryl methyl sites for hydroxylation is 1. The molecule has 2 aromatic heterocycles. The van der Waals surface area contributed by atoms with Crippen LogP contribution in [0, 0.1) is 5.92 Å². The van der Waals surface area contributed by atoms with Gasteiger partial charge in [-0.25, -0.2) is 4.98 Å². The van der Waals surface area contributed by atoms with E-state index < -0.39 is 0 Å². The van der Waals surface area contributed by atoms with Crippen LogP contribution in [0.25, 0.3) is 10.9 Å². The fraction of sp³-hybridized carbons (Fsp3) is 0.421. The monoisotopic (exact) mass is 354 g/mol. The Morgan fingerprint density at radius 3 is 2.96 bits per heavy atom. The van der Waals surface area contributed by atoms with Crippen molar-refractivity contribution in [2.45, 2.75) is 43.7 Å². The van der Waals surface area contributed by atoms with Crippen molar-refractivity contribution in [3.8, 4) is 0 Å². The summed E-state index contributed by atoms with van der Waals surface area (Å²) < 4.78 is 0. The van der Waals surface area contributed by atoms with Gasteiger partial charge in [0.25, 0.3) is 0 Å². The highest BCUT2D eigenvalue weighted by Gasteiger charge is 2.16. The summed E-state index contributed by atoms with van der Waals surface area (Å²) >= 11 is 1.40. The molecule has 1 aliphatic carbocycles. The van der Waals surface area contributed by atoms with Gasteiger partial charge in [0.2, 0.25) is 5.16 Å². The normalized spacial score (nSPS) is 15.2. The van der Waals surface area contributed by atoms with Crippen molar-refractivity contribution in [2.75, 3.05) is 5.75 Å². The molecule has 0 aliphatic heterocycles. The standard InChI is InChI=1S/C19H22N4OS/c24-17(15-11-20-16-8-4-3-7-14(15)16)12-25-19-21-18(22-23-19)10-9-13-5-1-2-6-13/h3-4,7-8,11,13,20H,1-2,5-6,9-10,12H2,(H,21,22,23). The van der Waals surface area contributed by atoms with Crippen molar-refractivity contribution >= 4 is 28.4 Å². The first-order valence-corrected chi connectivity index (χ1v) is 9.91. The van der Waals surface area contributed by atoms with Crippen LogP contribution in [-0.4, -0.2) is 31.7 Å². The molecule has 25 heavy (non-hydrogen) atoms. The van der Waals surface area contributed by atoms with Crippen LogP contribution < -0.4 is 0 Å². The maximum Gasteiger partial charge on any atom is 0.208 e. The van der Waals surface area contributed by atoms with E-state index >= 15 is 0 Å². The Morgan fingerprint density at radius 2 is 2.08 bits per heavy atom. The molecule has 6 heteroatoms. The molecule has 2 heterocycles. The molecular weight excluding hydrogens is 332 g/mol. The molecule has 2 N–H and O–H groups in total. The van der Waals surface area contributed by atoms with Gasteiger partial charge in [-0.3, -0.25) is 9.89 Å². The lowest BCUT2D eigenvalue weighted by Crippen LogP contribution is -2.01. The number of hydrogen-bond donors (Lipinski definition) is 2. The average Bonchev–Trinajstić information content (AvgIpc) is 3.38. The molecule has 0 atom stereocenters. The number of nitrogens with zero attached hydrogens (tertiary/aromatic N) is 2. The van der Waals surface area contributed by atoms with Gasteiger partial charge in [0.15, 0.2) is 5.78 Å². The Labute approximate surface area is 151 Å². The van der Waals surface area contributed by atoms with Crippen LogP contribution in [0.2, 0.25) is 0 Å². The van der Waals surface area contributed by atoms with Gasteiger partial charge in [-0.05, 0) is 18.4 Å². The van der Waals surface area contributed by atoms with E-state index in [4.69, 9.17) is 0 Å². The van der Waals surface area contributed by atoms with Crippen molar-refractivity contribution in [1.82, 2.24) is 20.2 Å². The van der Waals surface area contributed by atoms with Crippen molar-refractivity contribution in [3.63, 3.8) is 0 Å². The third-order valence-corrected chi connectivity index (χ3v) is 5.84. The number of thioether (sulfide) groups is 1. The number of benzene rings is 1. The van der Waals surface area contributed by atoms with Gasteiger partial charge in [0.05, 0.1) is 5.75 Å². The highest BCUT2D eigenvalue weighted by atomic mass is 32.2. The van der Waals surface area contributed by atoms with Gasteiger partial charge in [-0.15, -0.1) is 5.10 Å². The number of carbonyl (C=O) groups is 1. The number of fused-ring (bicyclic) bond motifs is 1. The summed E-state index contributed by atoms with van der Waals surface area (Å²) in [5.74, 6) is 2.24. The van der Waals surface area contributed by atoms with Gasteiger partial charge in [0, 0.05) is 29.1 Å². The summed E-state index contributed by atoms with van der Waals surface area (Å²) in [6, 6.07) is 7.86. The highest BCUT2D eigenvalue weighted by Crippen LogP contribution is 2.28. The number of nitrogens with one attached hydrogen (secondary N) is 2. The number of hydrogen-bond acceptors (Lipinski definition) is 4. The van der Waals surface area contributed by atoms with Crippen molar-refractivity contribution in [3.05, 3.63) is 41.9 Å². The zero-order valence-corrected chi connectivity index (χ0v) is 14.9. The first kappa shape index (κ1) is 16.4. The van der Waals surface area contributed by atoms with Gasteiger partial charge >= 0.3 is 0 Å². The molecule has 130 valence electrons. The van der Waals surface area contributed by atoms with E-state index in [9.17, 15) is 4.79 Å². The maximum atomic E-state index is 12.5.